The number of carbonyl (C=O) groups excluding carboxylic acids is 2. The highest BCUT2D eigenvalue weighted by Crippen LogP contribution is 2.29. The maximum Gasteiger partial charge on any atom is 0.238 e. The molecule has 1 N–H and O–H groups in total. The second-order valence-corrected chi connectivity index (χ2v) is 7.05. The van der Waals surface area contributed by atoms with Crippen LogP contribution in [-0.2, 0) is 14.3 Å². The van der Waals surface area contributed by atoms with Crippen LogP contribution in [0.15, 0.2) is 28.7 Å². The second-order valence-electron chi connectivity index (χ2n) is 6.13. The average Bonchev–Trinajstić information content (AvgIpc) is 2.96. The van der Waals surface area contributed by atoms with E-state index in [0.717, 1.165) is 23.0 Å². The van der Waals surface area contributed by atoms with Crippen molar-refractivity contribution >= 4 is 33.3 Å². The topological polar surface area (TPSA) is 58.6 Å². The van der Waals surface area contributed by atoms with Crippen LogP contribution in [0.25, 0.3) is 0 Å². The molecule has 1 aliphatic carbocycles. The van der Waals surface area contributed by atoms with Crippen LogP contribution in [0, 0.1) is 5.92 Å². The first kappa shape index (κ1) is 16.6. The van der Waals surface area contributed by atoms with Gasteiger partial charge in [0.25, 0.3) is 0 Å². The van der Waals surface area contributed by atoms with Crippen molar-refractivity contribution in [2.75, 3.05) is 31.6 Å². The Hall–Kier alpha value is -1.24. The minimum Gasteiger partial charge on any atom is -0.378 e. The molecule has 0 spiro atoms. The molecule has 0 unspecified atom stereocenters. The summed E-state index contributed by atoms with van der Waals surface area (Å²) < 4.78 is 6.53. The Kier molecular flexibility index (Phi) is 5.46. The van der Waals surface area contributed by atoms with Gasteiger partial charge in [-0.3, -0.25) is 14.5 Å². The number of morpholine rings is 1. The lowest BCUT2D eigenvalue weighted by atomic mass is 9.95. The van der Waals surface area contributed by atoms with Gasteiger partial charge in [0.15, 0.2) is 0 Å². The molecule has 1 aliphatic heterocycles. The van der Waals surface area contributed by atoms with Crippen LogP contribution in [0.4, 0.5) is 5.69 Å². The summed E-state index contributed by atoms with van der Waals surface area (Å²) in [4.78, 5) is 26.5. The van der Waals surface area contributed by atoms with Crippen LogP contribution < -0.4 is 5.32 Å². The van der Waals surface area contributed by atoms with E-state index in [0.29, 0.717) is 38.5 Å². The number of amides is 1. The number of hydrogen-bond acceptors (Lipinski definition) is 4. The predicted octanol–water partition coefficient (Wildman–Crippen LogP) is 2.46. The number of ketones is 1. The van der Waals surface area contributed by atoms with Gasteiger partial charge in [-0.15, -0.1) is 0 Å². The highest BCUT2D eigenvalue weighted by atomic mass is 79.9. The van der Waals surface area contributed by atoms with Crippen LogP contribution in [0.1, 0.15) is 19.3 Å². The van der Waals surface area contributed by atoms with Crippen LogP contribution >= 0.6 is 15.9 Å². The monoisotopic (exact) mass is 380 g/mol. The van der Waals surface area contributed by atoms with Gasteiger partial charge in [-0.25, -0.2) is 0 Å². The number of anilines is 1. The van der Waals surface area contributed by atoms with Crippen molar-refractivity contribution in [3.05, 3.63) is 28.7 Å². The summed E-state index contributed by atoms with van der Waals surface area (Å²) in [5.41, 5.74) is 0.778. The van der Waals surface area contributed by atoms with Crippen LogP contribution in [0.2, 0.25) is 0 Å². The molecule has 1 aromatic carbocycles. The third-order valence-electron chi connectivity index (χ3n) is 4.57. The van der Waals surface area contributed by atoms with Crippen molar-refractivity contribution in [2.24, 2.45) is 5.92 Å². The highest BCUT2D eigenvalue weighted by Gasteiger charge is 2.37. The van der Waals surface area contributed by atoms with Gasteiger partial charge in [0.05, 0.1) is 19.8 Å². The molecule has 0 aromatic heterocycles. The van der Waals surface area contributed by atoms with Crippen LogP contribution in [0.3, 0.4) is 0 Å². The van der Waals surface area contributed by atoms with Crippen LogP contribution in [0.5, 0.6) is 0 Å². The molecule has 1 aromatic rings. The Labute approximate surface area is 144 Å². The standard InChI is InChI=1S/C17H21BrN2O3/c18-12-4-6-13(7-5-12)19-17(22)10-20-8-9-23-11-15(20)14-2-1-3-16(14)21/h4-7,14-15H,1-3,8-11H2,(H,19,22)/t14-,15+/m0/s1. The van der Waals surface area contributed by atoms with Crippen molar-refractivity contribution in [1.29, 1.82) is 0 Å². The summed E-state index contributed by atoms with van der Waals surface area (Å²) in [6, 6.07) is 7.54. The molecule has 2 fully saturated rings. The Morgan fingerprint density at radius 1 is 1.35 bits per heavy atom. The van der Waals surface area contributed by atoms with Crippen molar-refractivity contribution in [2.45, 2.75) is 25.3 Å². The zero-order chi connectivity index (χ0) is 16.2. The molecule has 124 valence electrons. The molecule has 5 nitrogen and oxygen atoms in total. The van der Waals surface area contributed by atoms with Gasteiger partial charge < -0.3 is 10.1 Å². The fourth-order valence-electron chi connectivity index (χ4n) is 3.39. The molecular weight excluding hydrogens is 360 g/mol. The molecule has 0 radical (unpaired) electrons. The maximum absolute atomic E-state index is 12.3. The Bertz CT molecular complexity index is 576. The van der Waals surface area contributed by atoms with Crippen molar-refractivity contribution in [1.82, 2.24) is 4.90 Å². The van der Waals surface area contributed by atoms with E-state index in [1.165, 1.54) is 0 Å². The van der Waals surface area contributed by atoms with Gasteiger partial charge >= 0.3 is 0 Å². The third-order valence-corrected chi connectivity index (χ3v) is 5.10. The van der Waals surface area contributed by atoms with E-state index < -0.39 is 0 Å². The minimum atomic E-state index is -0.0512. The fraction of sp³-hybridized carbons (Fsp3) is 0.529. The van der Waals surface area contributed by atoms with Gasteiger partial charge in [-0.1, -0.05) is 15.9 Å². The van der Waals surface area contributed by atoms with E-state index in [1.807, 2.05) is 24.3 Å². The number of nitrogens with one attached hydrogen (secondary N) is 1. The average molecular weight is 381 g/mol. The van der Waals surface area contributed by atoms with Gasteiger partial charge in [0.1, 0.15) is 5.78 Å². The number of Topliss-reactive ketones (excluding diaryl/α,β-unsaturated/α-hetero) is 1. The van der Waals surface area contributed by atoms with E-state index >= 15 is 0 Å². The first-order chi connectivity index (χ1) is 11.1. The van der Waals surface area contributed by atoms with Gasteiger partial charge in [0.2, 0.25) is 5.91 Å². The first-order valence-electron chi connectivity index (χ1n) is 8.03. The molecular formula is C17H21BrN2O3. The predicted molar refractivity (Wildman–Crippen MR) is 91.3 cm³/mol. The summed E-state index contributed by atoms with van der Waals surface area (Å²) in [6.07, 6.45) is 2.54. The van der Waals surface area contributed by atoms with E-state index in [9.17, 15) is 9.59 Å². The zero-order valence-corrected chi connectivity index (χ0v) is 14.5. The number of ether oxygens (including phenoxy) is 1. The molecule has 1 heterocycles. The maximum atomic E-state index is 12.3. The quantitative estimate of drug-likeness (QED) is 0.871. The lowest BCUT2D eigenvalue weighted by Crippen LogP contribution is -2.52. The molecule has 2 aliphatic rings. The number of hydrogen-bond donors (Lipinski definition) is 1. The van der Waals surface area contributed by atoms with E-state index in [-0.39, 0.29) is 17.9 Å². The molecule has 0 bridgehead atoms. The molecule has 2 atom stereocenters. The first-order valence-corrected chi connectivity index (χ1v) is 8.83. The van der Waals surface area contributed by atoms with Gasteiger partial charge in [-0.05, 0) is 37.1 Å². The lowest BCUT2D eigenvalue weighted by Gasteiger charge is -2.37. The Balaban J connectivity index is 1.61. The van der Waals surface area contributed by atoms with E-state index in [4.69, 9.17) is 4.74 Å². The van der Waals surface area contributed by atoms with Crippen molar-refractivity contribution < 1.29 is 14.3 Å². The summed E-state index contributed by atoms with van der Waals surface area (Å²) >= 11 is 3.38. The highest BCUT2D eigenvalue weighted by molar-refractivity contribution is 9.10. The largest absolute Gasteiger partial charge is 0.378 e. The zero-order valence-electron chi connectivity index (χ0n) is 13.0. The SMILES string of the molecule is O=C(CN1CCOC[C@@H]1[C@@H]1CCCC1=O)Nc1ccc(Br)cc1. The smallest absolute Gasteiger partial charge is 0.238 e. The van der Waals surface area contributed by atoms with Gasteiger partial charge in [0, 0.05) is 35.1 Å². The van der Waals surface area contributed by atoms with Crippen molar-refractivity contribution in [3.63, 3.8) is 0 Å². The molecule has 1 amide bonds. The third kappa shape index (κ3) is 4.19. The molecule has 6 heteroatoms. The number of carbonyl (C=O) groups is 2. The van der Waals surface area contributed by atoms with Gasteiger partial charge in [-0.2, -0.15) is 0 Å². The lowest BCUT2D eigenvalue weighted by molar-refractivity contribution is -0.128. The van der Waals surface area contributed by atoms with E-state index in [1.54, 1.807) is 0 Å². The molecule has 1 saturated carbocycles. The number of rotatable bonds is 4. The van der Waals surface area contributed by atoms with Crippen LogP contribution in [-0.4, -0.2) is 48.9 Å². The summed E-state index contributed by atoms with van der Waals surface area (Å²) in [6.45, 7) is 2.15. The molecule has 3 rings (SSSR count). The number of benzene rings is 1. The second kappa shape index (κ2) is 7.55. The molecule has 23 heavy (non-hydrogen) atoms. The van der Waals surface area contributed by atoms with Crippen molar-refractivity contribution in [3.8, 4) is 0 Å². The Morgan fingerprint density at radius 3 is 2.83 bits per heavy atom. The number of nitrogens with zero attached hydrogens (tertiary/aromatic N) is 1. The summed E-state index contributed by atoms with van der Waals surface area (Å²) in [5, 5.41) is 2.91. The Morgan fingerprint density at radius 2 is 2.13 bits per heavy atom. The molecule has 1 saturated heterocycles. The fourth-order valence-corrected chi connectivity index (χ4v) is 3.66. The summed E-state index contributed by atoms with van der Waals surface area (Å²) in [7, 11) is 0. The van der Waals surface area contributed by atoms with E-state index in [2.05, 4.69) is 26.1 Å². The summed E-state index contributed by atoms with van der Waals surface area (Å²) in [5.74, 6) is 0.291. The normalized spacial score (nSPS) is 25.5. The number of halogens is 1. The minimum absolute atomic E-state index is 0.0239.